The molecule has 1 aromatic carbocycles. The number of nitrogens with zero attached hydrogens (tertiary/aromatic N) is 1. The summed E-state index contributed by atoms with van der Waals surface area (Å²) in [5.41, 5.74) is 2.47. The van der Waals surface area contributed by atoms with Crippen molar-refractivity contribution in [1.29, 1.82) is 0 Å². The topological polar surface area (TPSA) is 22.1 Å². The van der Waals surface area contributed by atoms with Gasteiger partial charge in [0.1, 0.15) is 0 Å². The number of methoxy groups -OCH3 is 1. The Kier molecular flexibility index (Phi) is 4.15. The molecule has 0 fully saturated rings. The molecule has 2 heterocycles. The Hall–Kier alpha value is -1.23. The Morgan fingerprint density at radius 1 is 1.25 bits per heavy atom. The Morgan fingerprint density at radius 2 is 2.10 bits per heavy atom. The molecule has 0 saturated heterocycles. The Labute approximate surface area is 127 Å². The van der Waals surface area contributed by atoms with Gasteiger partial charge >= 0.3 is 0 Å². The fourth-order valence-electron chi connectivity index (χ4n) is 2.32. The molecular formula is C16H17NOS2. The molecule has 2 nitrogen and oxygen atoms in total. The molecule has 0 unspecified atom stereocenters. The van der Waals surface area contributed by atoms with E-state index in [0.717, 1.165) is 25.1 Å². The summed E-state index contributed by atoms with van der Waals surface area (Å²) in [5, 5.41) is 4.73. The van der Waals surface area contributed by atoms with Crippen molar-refractivity contribution >= 4 is 32.8 Å². The fraction of sp³-hybridized carbons (Fsp3) is 0.312. The molecule has 4 heteroatoms. The molecule has 3 aromatic rings. The third-order valence-corrected chi connectivity index (χ3v) is 5.57. The van der Waals surface area contributed by atoms with Crippen LogP contribution >= 0.6 is 22.7 Å². The van der Waals surface area contributed by atoms with Gasteiger partial charge in [0.15, 0.2) is 0 Å². The minimum atomic E-state index is 0.802. The normalized spacial score (nSPS) is 11.3. The van der Waals surface area contributed by atoms with Gasteiger partial charge in [0.2, 0.25) is 0 Å². The van der Waals surface area contributed by atoms with E-state index in [4.69, 9.17) is 9.72 Å². The van der Waals surface area contributed by atoms with Crippen LogP contribution in [-0.4, -0.2) is 18.7 Å². The van der Waals surface area contributed by atoms with Crippen LogP contribution in [0.5, 0.6) is 0 Å². The van der Waals surface area contributed by atoms with Crippen LogP contribution in [0.25, 0.3) is 20.7 Å². The number of hydrogen-bond acceptors (Lipinski definition) is 4. The van der Waals surface area contributed by atoms with E-state index in [1.807, 2.05) is 11.3 Å². The van der Waals surface area contributed by atoms with Crippen molar-refractivity contribution in [3.63, 3.8) is 0 Å². The molecule has 104 valence electrons. The van der Waals surface area contributed by atoms with E-state index in [-0.39, 0.29) is 0 Å². The second-order valence-corrected chi connectivity index (χ2v) is 6.77. The van der Waals surface area contributed by atoms with Gasteiger partial charge in [-0.05, 0) is 30.4 Å². The molecule has 0 aliphatic heterocycles. The zero-order valence-corrected chi connectivity index (χ0v) is 13.3. The van der Waals surface area contributed by atoms with Crippen LogP contribution in [0.4, 0.5) is 0 Å². The summed E-state index contributed by atoms with van der Waals surface area (Å²) >= 11 is 3.59. The van der Waals surface area contributed by atoms with Crippen molar-refractivity contribution in [1.82, 2.24) is 4.98 Å². The van der Waals surface area contributed by atoms with Crippen LogP contribution in [0.2, 0.25) is 0 Å². The summed E-state index contributed by atoms with van der Waals surface area (Å²) in [6, 6.07) is 8.57. The van der Waals surface area contributed by atoms with Crippen LogP contribution in [-0.2, 0) is 11.2 Å². The Bertz CT molecular complexity index is 714. The SMILES string of the molecule is COCCCc1nc(-c2sc3ccccc3c2C)cs1. The molecule has 0 bridgehead atoms. The largest absolute Gasteiger partial charge is 0.385 e. The van der Waals surface area contributed by atoms with Crippen LogP contribution in [0.15, 0.2) is 29.6 Å². The van der Waals surface area contributed by atoms with Gasteiger partial charge in [0, 0.05) is 30.2 Å². The van der Waals surface area contributed by atoms with E-state index in [9.17, 15) is 0 Å². The van der Waals surface area contributed by atoms with E-state index in [2.05, 4.69) is 36.6 Å². The standard InChI is InChI=1S/C16H17NOS2/c1-11-12-6-3-4-7-14(12)20-16(11)13-10-19-15(17-13)8-5-9-18-2/h3-4,6-7,10H,5,8-9H2,1-2H3. The molecule has 0 spiro atoms. The number of hydrogen-bond donors (Lipinski definition) is 0. The van der Waals surface area contributed by atoms with E-state index in [1.54, 1.807) is 18.4 Å². The number of ether oxygens (including phenoxy) is 1. The lowest BCUT2D eigenvalue weighted by molar-refractivity contribution is 0.195. The van der Waals surface area contributed by atoms with Gasteiger partial charge < -0.3 is 4.74 Å². The fourth-order valence-corrected chi connectivity index (χ4v) is 4.39. The van der Waals surface area contributed by atoms with Gasteiger partial charge in [-0.25, -0.2) is 4.98 Å². The van der Waals surface area contributed by atoms with Crippen LogP contribution in [0.1, 0.15) is 17.0 Å². The highest BCUT2D eigenvalue weighted by molar-refractivity contribution is 7.22. The first-order chi connectivity index (χ1) is 9.79. The second kappa shape index (κ2) is 6.04. The van der Waals surface area contributed by atoms with Gasteiger partial charge in [-0.1, -0.05) is 18.2 Å². The Balaban J connectivity index is 1.89. The number of aromatic nitrogens is 1. The molecule has 20 heavy (non-hydrogen) atoms. The average molecular weight is 303 g/mol. The minimum absolute atomic E-state index is 0.802. The number of fused-ring (bicyclic) bond motifs is 1. The lowest BCUT2D eigenvalue weighted by atomic mass is 10.1. The summed E-state index contributed by atoms with van der Waals surface area (Å²) in [6.07, 6.45) is 2.04. The summed E-state index contributed by atoms with van der Waals surface area (Å²) in [7, 11) is 1.74. The second-order valence-electron chi connectivity index (χ2n) is 4.78. The Morgan fingerprint density at radius 3 is 2.90 bits per heavy atom. The molecular weight excluding hydrogens is 286 g/mol. The third kappa shape index (κ3) is 2.64. The highest BCUT2D eigenvalue weighted by Crippen LogP contribution is 2.38. The molecule has 2 aromatic heterocycles. The molecule has 0 amide bonds. The lowest BCUT2D eigenvalue weighted by Crippen LogP contribution is -1.91. The quantitative estimate of drug-likeness (QED) is 0.625. The van der Waals surface area contributed by atoms with Crippen LogP contribution in [0.3, 0.4) is 0 Å². The number of rotatable bonds is 5. The summed E-state index contributed by atoms with van der Waals surface area (Å²) in [4.78, 5) is 6.09. The summed E-state index contributed by atoms with van der Waals surface area (Å²) < 4.78 is 6.43. The summed E-state index contributed by atoms with van der Waals surface area (Å²) in [5.74, 6) is 0. The number of benzene rings is 1. The number of aryl methyl sites for hydroxylation is 2. The molecule has 0 radical (unpaired) electrons. The molecule has 0 aliphatic carbocycles. The molecule has 0 atom stereocenters. The average Bonchev–Trinajstić information content (AvgIpc) is 3.05. The predicted octanol–water partition coefficient (Wildman–Crippen LogP) is 4.91. The maximum absolute atomic E-state index is 5.09. The highest BCUT2D eigenvalue weighted by atomic mass is 32.1. The van der Waals surface area contributed by atoms with Crippen molar-refractivity contribution < 1.29 is 4.74 Å². The predicted molar refractivity (Wildman–Crippen MR) is 87.9 cm³/mol. The van der Waals surface area contributed by atoms with E-state index in [1.165, 1.54) is 25.5 Å². The molecule has 3 rings (SSSR count). The zero-order chi connectivity index (χ0) is 13.9. The smallest absolute Gasteiger partial charge is 0.0933 e. The van der Waals surface area contributed by atoms with Crippen LogP contribution in [0, 0.1) is 6.92 Å². The molecule has 0 N–H and O–H groups in total. The van der Waals surface area contributed by atoms with Gasteiger partial charge in [-0.3, -0.25) is 0 Å². The van der Waals surface area contributed by atoms with Crippen molar-refractivity contribution in [2.75, 3.05) is 13.7 Å². The summed E-state index contributed by atoms with van der Waals surface area (Å²) in [6.45, 7) is 2.99. The van der Waals surface area contributed by atoms with E-state index in [0.29, 0.717) is 0 Å². The zero-order valence-electron chi connectivity index (χ0n) is 11.7. The molecule has 0 saturated carbocycles. The van der Waals surface area contributed by atoms with Crippen LogP contribution < -0.4 is 0 Å². The maximum atomic E-state index is 5.09. The van der Waals surface area contributed by atoms with Gasteiger partial charge in [-0.15, -0.1) is 22.7 Å². The first-order valence-electron chi connectivity index (χ1n) is 6.71. The first kappa shape index (κ1) is 13.7. The maximum Gasteiger partial charge on any atom is 0.0933 e. The third-order valence-electron chi connectivity index (χ3n) is 3.37. The highest BCUT2D eigenvalue weighted by Gasteiger charge is 2.12. The number of thiophene rings is 1. The minimum Gasteiger partial charge on any atom is -0.385 e. The van der Waals surface area contributed by atoms with Crippen molar-refractivity contribution in [2.45, 2.75) is 19.8 Å². The van der Waals surface area contributed by atoms with Gasteiger partial charge in [0.05, 0.1) is 15.6 Å². The van der Waals surface area contributed by atoms with E-state index >= 15 is 0 Å². The van der Waals surface area contributed by atoms with Gasteiger partial charge in [0.25, 0.3) is 0 Å². The molecule has 0 aliphatic rings. The monoisotopic (exact) mass is 303 g/mol. The lowest BCUT2D eigenvalue weighted by Gasteiger charge is -1.96. The first-order valence-corrected chi connectivity index (χ1v) is 8.41. The van der Waals surface area contributed by atoms with E-state index < -0.39 is 0 Å². The van der Waals surface area contributed by atoms with Crippen molar-refractivity contribution in [3.05, 3.63) is 40.2 Å². The van der Waals surface area contributed by atoms with Gasteiger partial charge in [-0.2, -0.15) is 0 Å². The van der Waals surface area contributed by atoms with Crippen molar-refractivity contribution in [3.8, 4) is 10.6 Å². The van der Waals surface area contributed by atoms with Crippen molar-refractivity contribution in [2.24, 2.45) is 0 Å². The number of thiazole rings is 1.